The fourth-order valence-corrected chi connectivity index (χ4v) is 4.76. The fraction of sp³-hybridized carbons (Fsp3) is 0.462. The normalized spacial score (nSPS) is 17.2. The second-order valence-corrected chi connectivity index (χ2v) is 9.03. The highest BCUT2D eigenvalue weighted by molar-refractivity contribution is 5.79. The molecule has 6 heteroatoms. The summed E-state index contributed by atoms with van der Waals surface area (Å²) in [5.74, 6) is 0.971. The average Bonchev–Trinajstić information content (AvgIpc) is 3.15. The lowest BCUT2D eigenvalue weighted by molar-refractivity contribution is -0.139. The van der Waals surface area contributed by atoms with Gasteiger partial charge in [0, 0.05) is 24.8 Å². The van der Waals surface area contributed by atoms with Gasteiger partial charge in [-0.1, -0.05) is 19.1 Å². The lowest BCUT2D eigenvalue weighted by Crippen LogP contribution is -2.47. The molecule has 4 rings (SSSR count). The van der Waals surface area contributed by atoms with Gasteiger partial charge in [0.05, 0.1) is 23.5 Å². The van der Waals surface area contributed by atoms with Crippen molar-refractivity contribution < 1.29 is 9.18 Å². The van der Waals surface area contributed by atoms with E-state index in [1.165, 1.54) is 12.1 Å². The number of piperidine rings is 1. The van der Waals surface area contributed by atoms with Crippen molar-refractivity contribution in [1.82, 2.24) is 19.4 Å². The number of fused-ring (bicyclic) bond motifs is 1. The smallest absolute Gasteiger partial charge is 0.227 e. The summed E-state index contributed by atoms with van der Waals surface area (Å²) in [7, 11) is 0. The van der Waals surface area contributed by atoms with Crippen LogP contribution in [0.5, 0.6) is 0 Å². The van der Waals surface area contributed by atoms with Gasteiger partial charge in [-0.3, -0.25) is 14.3 Å². The molecule has 1 aliphatic heterocycles. The van der Waals surface area contributed by atoms with Crippen LogP contribution in [0.25, 0.3) is 16.7 Å². The number of nitrogens with zero attached hydrogens (tertiary/aromatic N) is 4. The number of rotatable bonds is 7. The SMILES string of the molecule is CCCN(C(=O)[C@H]1CCCN(Cc2nc3ccccc3n2-c2ccc(F)cc2)C1)C(C)C. The molecule has 1 aliphatic rings. The molecule has 1 amide bonds. The van der Waals surface area contributed by atoms with E-state index in [4.69, 9.17) is 4.98 Å². The van der Waals surface area contributed by atoms with Crippen molar-refractivity contribution in [3.63, 3.8) is 0 Å². The maximum atomic E-state index is 13.5. The highest BCUT2D eigenvalue weighted by Crippen LogP contribution is 2.26. The first kappa shape index (κ1) is 22.5. The summed E-state index contributed by atoms with van der Waals surface area (Å²) >= 11 is 0. The van der Waals surface area contributed by atoms with Gasteiger partial charge in [-0.2, -0.15) is 0 Å². The van der Waals surface area contributed by atoms with E-state index < -0.39 is 0 Å². The van der Waals surface area contributed by atoms with Crippen LogP contribution in [0.1, 0.15) is 45.9 Å². The Morgan fingerprint density at radius 3 is 2.66 bits per heavy atom. The average molecular weight is 437 g/mol. The number of hydrogen-bond acceptors (Lipinski definition) is 3. The summed E-state index contributed by atoms with van der Waals surface area (Å²) in [5.41, 5.74) is 2.83. The van der Waals surface area contributed by atoms with Crippen LogP contribution in [0.4, 0.5) is 4.39 Å². The molecule has 0 saturated carbocycles. The van der Waals surface area contributed by atoms with Crippen molar-refractivity contribution in [2.75, 3.05) is 19.6 Å². The van der Waals surface area contributed by atoms with Crippen LogP contribution in [0.3, 0.4) is 0 Å². The standard InChI is InChI=1S/C26H33FN4O/c1-4-15-30(19(2)3)26(32)20-8-7-16-29(17-20)18-25-28-23-9-5-6-10-24(23)31(25)22-13-11-21(27)12-14-22/h5-6,9-14,19-20H,4,7-8,15-18H2,1-3H3/t20-/m0/s1. The Labute approximate surface area is 189 Å². The van der Waals surface area contributed by atoms with Crippen LogP contribution in [0.2, 0.25) is 0 Å². The minimum atomic E-state index is -0.251. The van der Waals surface area contributed by atoms with Crippen LogP contribution in [0, 0.1) is 11.7 Å². The molecule has 3 aromatic rings. The maximum Gasteiger partial charge on any atom is 0.227 e. The summed E-state index contributed by atoms with van der Waals surface area (Å²) in [6.07, 6.45) is 2.92. The number of halogens is 1. The minimum Gasteiger partial charge on any atom is -0.340 e. The molecule has 2 aromatic carbocycles. The molecule has 0 radical (unpaired) electrons. The molecule has 2 heterocycles. The number of benzene rings is 2. The fourth-order valence-electron chi connectivity index (χ4n) is 4.76. The number of aromatic nitrogens is 2. The second-order valence-electron chi connectivity index (χ2n) is 9.03. The Balaban J connectivity index is 1.59. The largest absolute Gasteiger partial charge is 0.340 e. The molecular weight excluding hydrogens is 403 g/mol. The van der Waals surface area contributed by atoms with E-state index in [-0.39, 0.29) is 23.7 Å². The zero-order chi connectivity index (χ0) is 22.7. The number of carbonyl (C=O) groups excluding carboxylic acids is 1. The molecule has 0 aliphatic carbocycles. The van der Waals surface area contributed by atoms with E-state index in [9.17, 15) is 9.18 Å². The number of likely N-dealkylation sites (tertiary alicyclic amines) is 1. The van der Waals surface area contributed by atoms with E-state index in [1.54, 1.807) is 12.1 Å². The van der Waals surface area contributed by atoms with Gasteiger partial charge in [0.25, 0.3) is 0 Å². The molecule has 1 saturated heterocycles. The van der Waals surface area contributed by atoms with Gasteiger partial charge in [-0.25, -0.2) is 9.37 Å². The molecule has 1 fully saturated rings. The van der Waals surface area contributed by atoms with Crippen LogP contribution in [0.15, 0.2) is 48.5 Å². The zero-order valence-corrected chi connectivity index (χ0v) is 19.3. The molecule has 32 heavy (non-hydrogen) atoms. The predicted molar refractivity (Wildman–Crippen MR) is 126 cm³/mol. The van der Waals surface area contributed by atoms with Gasteiger partial charge in [0.15, 0.2) is 0 Å². The van der Waals surface area contributed by atoms with Gasteiger partial charge in [-0.15, -0.1) is 0 Å². The first-order valence-corrected chi connectivity index (χ1v) is 11.7. The van der Waals surface area contributed by atoms with E-state index in [0.29, 0.717) is 6.54 Å². The lowest BCUT2D eigenvalue weighted by Gasteiger charge is -2.36. The van der Waals surface area contributed by atoms with Crippen molar-refractivity contribution in [3.8, 4) is 5.69 Å². The summed E-state index contributed by atoms with van der Waals surface area (Å²) in [4.78, 5) is 22.5. The molecule has 0 bridgehead atoms. The first-order valence-electron chi connectivity index (χ1n) is 11.7. The van der Waals surface area contributed by atoms with Crippen molar-refractivity contribution in [2.24, 2.45) is 5.92 Å². The van der Waals surface area contributed by atoms with Gasteiger partial charge in [0.1, 0.15) is 11.6 Å². The molecule has 5 nitrogen and oxygen atoms in total. The summed E-state index contributed by atoms with van der Waals surface area (Å²) in [6.45, 7) is 9.48. The van der Waals surface area contributed by atoms with E-state index in [1.807, 2.05) is 29.2 Å². The second kappa shape index (κ2) is 9.82. The minimum absolute atomic E-state index is 0.0290. The van der Waals surface area contributed by atoms with E-state index in [2.05, 4.69) is 30.2 Å². The Morgan fingerprint density at radius 1 is 1.19 bits per heavy atom. The third-order valence-electron chi connectivity index (χ3n) is 6.31. The van der Waals surface area contributed by atoms with Gasteiger partial charge < -0.3 is 4.90 Å². The topological polar surface area (TPSA) is 41.4 Å². The van der Waals surface area contributed by atoms with Crippen LogP contribution < -0.4 is 0 Å². The zero-order valence-electron chi connectivity index (χ0n) is 19.3. The summed E-state index contributed by atoms with van der Waals surface area (Å²) in [5, 5.41) is 0. The van der Waals surface area contributed by atoms with Crippen molar-refractivity contribution in [1.29, 1.82) is 0 Å². The van der Waals surface area contributed by atoms with Crippen molar-refractivity contribution in [2.45, 2.75) is 52.6 Å². The Morgan fingerprint density at radius 2 is 1.94 bits per heavy atom. The highest BCUT2D eigenvalue weighted by Gasteiger charge is 2.30. The number of imidazole rings is 1. The highest BCUT2D eigenvalue weighted by atomic mass is 19.1. The molecular formula is C26H33FN4O. The number of carbonyl (C=O) groups is 1. The molecule has 1 aromatic heterocycles. The van der Waals surface area contributed by atoms with Gasteiger partial charge in [-0.05, 0) is 76.1 Å². The van der Waals surface area contributed by atoms with E-state index in [0.717, 1.165) is 61.4 Å². The Kier molecular flexibility index (Phi) is 6.89. The third-order valence-corrected chi connectivity index (χ3v) is 6.31. The van der Waals surface area contributed by atoms with Crippen molar-refractivity contribution in [3.05, 3.63) is 60.2 Å². The third kappa shape index (κ3) is 4.70. The van der Waals surface area contributed by atoms with E-state index >= 15 is 0 Å². The number of amides is 1. The Hall–Kier alpha value is -2.73. The van der Waals surface area contributed by atoms with Crippen LogP contribution in [-0.4, -0.2) is 50.9 Å². The molecule has 170 valence electrons. The molecule has 1 atom stereocenters. The van der Waals surface area contributed by atoms with Crippen LogP contribution in [-0.2, 0) is 11.3 Å². The van der Waals surface area contributed by atoms with Crippen LogP contribution >= 0.6 is 0 Å². The maximum absolute atomic E-state index is 13.5. The monoisotopic (exact) mass is 436 g/mol. The summed E-state index contributed by atoms with van der Waals surface area (Å²) < 4.78 is 15.7. The quantitative estimate of drug-likeness (QED) is 0.522. The number of hydrogen-bond donors (Lipinski definition) is 0. The predicted octanol–water partition coefficient (Wildman–Crippen LogP) is 5.02. The molecule has 0 N–H and O–H groups in total. The molecule has 0 unspecified atom stereocenters. The van der Waals surface area contributed by atoms with Crippen molar-refractivity contribution >= 4 is 16.9 Å². The summed E-state index contributed by atoms with van der Waals surface area (Å²) in [6, 6.07) is 14.8. The first-order chi connectivity index (χ1) is 15.5. The number of para-hydroxylation sites is 2. The Bertz CT molecular complexity index is 1060. The molecule has 0 spiro atoms. The lowest BCUT2D eigenvalue weighted by atomic mass is 9.95. The van der Waals surface area contributed by atoms with Gasteiger partial charge >= 0.3 is 0 Å². The van der Waals surface area contributed by atoms with Gasteiger partial charge in [0.2, 0.25) is 5.91 Å².